The second-order valence-corrected chi connectivity index (χ2v) is 5.54. The first-order valence-corrected chi connectivity index (χ1v) is 7.59. The van der Waals surface area contributed by atoms with Crippen LogP contribution in [0.2, 0.25) is 0 Å². The molecule has 0 saturated heterocycles. The van der Waals surface area contributed by atoms with Crippen LogP contribution in [-0.2, 0) is 4.79 Å². The molecule has 0 bridgehead atoms. The van der Waals surface area contributed by atoms with Gasteiger partial charge >= 0.3 is 0 Å². The number of rotatable bonds is 6. The van der Waals surface area contributed by atoms with Crippen LogP contribution in [0.3, 0.4) is 0 Å². The van der Waals surface area contributed by atoms with Crippen molar-refractivity contribution in [2.75, 3.05) is 11.1 Å². The van der Waals surface area contributed by atoms with Gasteiger partial charge in [0.15, 0.2) is 0 Å². The highest BCUT2D eigenvalue weighted by Crippen LogP contribution is 2.27. The zero-order valence-corrected chi connectivity index (χ0v) is 12.5. The number of carbonyl (C=O) groups excluding carboxylic acids is 1. The molecule has 0 spiro atoms. The molecule has 1 N–H and O–H groups in total. The topological polar surface area (TPSA) is 70.7 Å². The van der Waals surface area contributed by atoms with Gasteiger partial charge in [0, 0.05) is 29.5 Å². The lowest BCUT2D eigenvalue weighted by Gasteiger charge is -2.14. The van der Waals surface area contributed by atoms with E-state index in [1.807, 2.05) is 24.3 Å². The zero-order chi connectivity index (χ0) is 15.1. The summed E-state index contributed by atoms with van der Waals surface area (Å²) >= 11 is 1.56. The second-order valence-electron chi connectivity index (χ2n) is 4.40. The minimum absolute atomic E-state index is 0.118. The predicted octanol–water partition coefficient (Wildman–Crippen LogP) is 3.09. The number of nitrogens with zero attached hydrogens (tertiary/aromatic N) is 3. The minimum atomic E-state index is -0.378. The van der Waals surface area contributed by atoms with Crippen molar-refractivity contribution in [3.05, 3.63) is 42.7 Å². The molecule has 1 aromatic carbocycles. The summed E-state index contributed by atoms with van der Waals surface area (Å²) in [6, 6.07) is 11.1. The van der Waals surface area contributed by atoms with Gasteiger partial charge in [0.25, 0.3) is 0 Å². The van der Waals surface area contributed by atoms with Gasteiger partial charge in [-0.15, -0.1) is 11.8 Å². The third kappa shape index (κ3) is 4.10. The van der Waals surface area contributed by atoms with Gasteiger partial charge in [-0.2, -0.15) is 10.4 Å². The van der Waals surface area contributed by atoms with Crippen molar-refractivity contribution in [1.29, 1.82) is 5.26 Å². The lowest BCUT2D eigenvalue weighted by atomic mass is 10.2. The van der Waals surface area contributed by atoms with Crippen molar-refractivity contribution in [2.24, 2.45) is 0 Å². The summed E-state index contributed by atoms with van der Waals surface area (Å²) in [5, 5.41) is 15.6. The summed E-state index contributed by atoms with van der Waals surface area (Å²) < 4.78 is 1.61. The first kappa shape index (κ1) is 15.1. The first-order valence-electron chi connectivity index (χ1n) is 6.61. The Labute approximate surface area is 128 Å². The molecule has 0 aliphatic heterocycles. The fraction of sp³-hybridized carbons (Fsp3) is 0.267. The molecular weight excluding hydrogens is 284 g/mol. The maximum Gasteiger partial charge on any atom is 0.248 e. The van der Waals surface area contributed by atoms with Gasteiger partial charge < -0.3 is 5.32 Å². The van der Waals surface area contributed by atoms with Crippen molar-refractivity contribution in [1.82, 2.24) is 9.78 Å². The summed E-state index contributed by atoms with van der Waals surface area (Å²) in [6.07, 6.45) is 3.89. The maximum absolute atomic E-state index is 12.3. The average molecular weight is 300 g/mol. The van der Waals surface area contributed by atoms with Crippen molar-refractivity contribution in [3.63, 3.8) is 0 Å². The van der Waals surface area contributed by atoms with Crippen LogP contribution in [0.15, 0.2) is 47.6 Å². The predicted molar refractivity (Wildman–Crippen MR) is 83.0 cm³/mol. The SMILES string of the molecule is C[C@H](C(=O)Nc1ccccc1SCCC#N)n1cccn1. The molecule has 1 heterocycles. The van der Waals surface area contributed by atoms with E-state index in [0.29, 0.717) is 12.2 Å². The summed E-state index contributed by atoms with van der Waals surface area (Å²) in [6.45, 7) is 1.80. The number of thioether (sulfide) groups is 1. The summed E-state index contributed by atoms with van der Waals surface area (Å²) in [4.78, 5) is 13.2. The number of hydrogen-bond donors (Lipinski definition) is 1. The molecule has 1 atom stereocenters. The molecule has 108 valence electrons. The van der Waals surface area contributed by atoms with E-state index >= 15 is 0 Å². The van der Waals surface area contributed by atoms with E-state index in [1.54, 1.807) is 41.8 Å². The Morgan fingerprint density at radius 1 is 1.48 bits per heavy atom. The fourth-order valence-corrected chi connectivity index (χ4v) is 2.63. The molecule has 5 nitrogen and oxygen atoms in total. The zero-order valence-electron chi connectivity index (χ0n) is 11.7. The molecule has 0 unspecified atom stereocenters. The average Bonchev–Trinajstić information content (AvgIpc) is 3.02. The largest absolute Gasteiger partial charge is 0.323 e. The Balaban J connectivity index is 2.05. The lowest BCUT2D eigenvalue weighted by Crippen LogP contribution is -2.24. The molecule has 6 heteroatoms. The number of benzene rings is 1. The van der Waals surface area contributed by atoms with Gasteiger partial charge in [-0.3, -0.25) is 9.48 Å². The number of hydrogen-bond acceptors (Lipinski definition) is 4. The molecule has 0 fully saturated rings. The third-order valence-corrected chi connectivity index (χ3v) is 3.99. The normalized spacial score (nSPS) is 11.6. The van der Waals surface area contributed by atoms with Crippen molar-refractivity contribution in [3.8, 4) is 6.07 Å². The Morgan fingerprint density at radius 2 is 2.29 bits per heavy atom. The van der Waals surface area contributed by atoms with Crippen molar-refractivity contribution >= 4 is 23.4 Å². The Morgan fingerprint density at radius 3 is 3.00 bits per heavy atom. The van der Waals surface area contributed by atoms with Gasteiger partial charge in [0.2, 0.25) is 5.91 Å². The van der Waals surface area contributed by atoms with E-state index in [1.165, 1.54) is 0 Å². The third-order valence-electron chi connectivity index (χ3n) is 2.92. The lowest BCUT2D eigenvalue weighted by molar-refractivity contribution is -0.119. The molecule has 2 rings (SSSR count). The maximum atomic E-state index is 12.3. The van der Waals surface area contributed by atoms with Crippen LogP contribution in [0.25, 0.3) is 0 Å². The molecule has 1 aromatic heterocycles. The highest BCUT2D eigenvalue weighted by molar-refractivity contribution is 7.99. The Bertz CT molecular complexity index is 633. The van der Waals surface area contributed by atoms with Crippen molar-refractivity contribution < 1.29 is 4.79 Å². The quantitative estimate of drug-likeness (QED) is 0.657. The van der Waals surface area contributed by atoms with E-state index < -0.39 is 0 Å². The summed E-state index contributed by atoms with van der Waals surface area (Å²) in [5.74, 6) is 0.588. The van der Waals surface area contributed by atoms with Gasteiger partial charge in [-0.1, -0.05) is 12.1 Å². The molecule has 0 saturated carbocycles. The number of nitriles is 1. The van der Waals surface area contributed by atoms with Crippen LogP contribution in [0.1, 0.15) is 19.4 Å². The highest BCUT2D eigenvalue weighted by Gasteiger charge is 2.16. The molecule has 0 radical (unpaired) electrons. The summed E-state index contributed by atoms with van der Waals surface area (Å²) in [5.41, 5.74) is 0.768. The number of carbonyl (C=O) groups is 1. The number of nitrogens with one attached hydrogen (secondary N) is 1. The monoisotopic (exact) mass is 300 g/mol. The molecular formula is C15H16N4OS. The summed E-state index contributed by atoms with van der Waals surface area (Å²) in [7, 11) is 0. The smallest absolute Gasteiger partial charge is 0.248 e. The van der Waals surface area contributed by atoms with Crippen LogP contribution in [0, 0.1) is 11.3 Å². The number of anilines is 1. The van der Waals surface area contributed by atoms with Gasteiger partial charge in [-0.25, -0.2) is 0 Å². The highest BCUT2D eigenvalue weighted by atomic mass is 32.2. The van der Waals surface area contributed by atoms with E-state index in [2.05, 4.69) is 16.5 Å². The van der Waals surface area contributed by atoms with Crippen LogP contribution < -0.4 is 5.32 Å². The van der Waals surface area contributed by atoms with Gasteiger partial charge in [0.1, 0.15) is 6.04 Å². The van der Waals surface area contributed by atoms with Crippen LogP contribution in [-0.4, -0.2) is 21.4 Å². The molecule has 0 aliphatic rings. The fourth-order valence-electron chi connectivity index (χ4n) is 1.77. The van der Waals surface area contributed by atoms with E-state index in [9.17, 15) is 4.79 Å². The van der Waals surface area contributed by atoms with E-state index in [-0.39, 0.29) is 11.9 Å². The van der Waals surface area contributed by atoms with Crippen LogP contribution in [0.5, 0.6) is 0 Å². The Hall–Kier alpha value is -2.26. The van der Waals surface area contributed by atoms with Gasteiger partial charge in [0.05, 0.1) is 11.8 Å². The standard InChI is InChI=1S/C15H16N4OS/c1-12(19-10-5-9-17-19)15(20)18-13-6-2-3-7-14(13)21-11-4-8-16/h2-3,5-7,9-10,12H,4,11H2,1H3,(H,18,20)/t12-/m1/s1. The molecule has 1 amide bonds. The number of amides is 1. The van der Waals surface area contributed by atoms with E-state index in [0.717, 1.165) is 10.6 Å². The van der Waals surface area contributed by atoms with Gasteiger partial charge in [-0.05, 0) is 25.1 Å². The minimum Gasteiger partial charge on any atom is -0.323 e. The molecule has 2 aromatic rings. The number of aromatic nitrogens is 2. The molecule has 21 heavy (non-hydrogen) atoms. The van der Waals surface area contributed by atoms with Crippen LogP contribution in [0.4, 0.5) is 5.69 Å². The first-order chi connectivity index (χ1) is 10.2. The van der Waals surface area contributed by atoms with Crippen molar-refractivity contribution in [2.45, 2.75) is 24.3 Å². The van der Waals surface area contributed by atoms with Crippen LogP contribution >= 0.6 is 11.8 Å². The van der Waals surface area contributed by atoms with E-state index in [4.69, 9.17) is 5.26 Å². The Kier molecular flexibility index (Phi) is 5.41. The second kappa shape index (κ2) is 7.50. The molecule has 0 aliphatic carbocycles. The number of para-hydroxylation sites is 1.